The van der Waals surface area contributed by atoms with Crippen LogP contribution in [0.5, 0.6) is 0 Å². The Labute approximate surface area is 92.5 Å². The summed E-state index contributed by atoms with van der Waals surface area (Å²) in [6, 6.07) is 5.49. The Morgan fingerprint density at radius 1 is 1.27 bits per heavy atom. The summed E-state index contributed by atoms with van der Waals surface area (Å²) < 4.78 is 13.4. The zero-order valence-corrected chi connectivity index (χ0v) is 10.0. The molecule has 0 radical (unpaired) electrons. The Kier molecular flexibility index (Phi) is 4.80. The fourth-order valence-electron chi connectivity index (χ4n) is 2.05. The summed E-state index contributed by atoms with van der Waals surface area (Å²) in [5.74, 6) is 0.623. The van der Waals surface area contributed by atoms with E-state index >= 15 is 0 Å². The highest BCUT2D eigenvalue weighted by Gasteiger charge is 2.22. The van der Waals surface area contributed by atoms with Gasteiger partial charge in [0.15, 0.2) is 0 Å². The third-order valence-electron chi connectivity index (χ3n) is 3.05. The van der Waals surface area contributed by atoms with Crippen molar-refractivity contribution in [3.63, 3.8) is 0 Å². The third-order valence-corrected chi connectivity index (χ3v) is 3.05. The summed E-state index contributed by atoms with van der Waals surface area (Å²) in [5.41, 5.74) is 2.20. The van der Waals surface area contributed by atoms with Crippen molar-refractivity contribution in [3.05, 3.63) is 35.1 Å². The summed E-state index contributed by atoms with van der Waals surface area (Å²) >= 11 is 0. The van der Waals surface area contributed by atoms with Gasteiger partial charge in [0.05, 0.1) is 0 Å². The highest BCUT2D eigenvalue weighted by Crippen LogP contribution is 2.38. The van der Waals surface area contributed by atoms with Gasteiger partial charge in [0, 0.05) is 0 Å². The summed E-state index contributed by atoms with van der Waals surface area (Å²) in [6.45, 7) is 6.03. The van der Waals surface area contributed by atoms with Crippen LogP contribution in [0.1, 0.15) is 57.1 Å². The lowest BCUT2D eigenvalue weighted by atomic mass is 9.78. The lowest BCUT2D eigenvalue weighted by molar-refractivity contribution is 0.415. The molecule has 1 aromatic rings. The van der Waals surface area contributed by atoms with E-state index in [4.69, 9.17) is 0 Å². The molecular weight excluding hydrogens is 187 g/mol. The van der Waals surface area contributed by atoms with Gasteiger partial charge in [-0.15, -0.1) is 0 Å². The molecule has 0 aromatic heterocycles. The van der Waals surface area contributed by atoms with Crippen molar-refractivity contribution in [1.29, 1.82) is 0 Å². The Bertz CT molecular complexity index is 300. The van der Waals surface area contributed by atoms with Crippen LogP contribution in [-0.4, -0.2) is 0 Å². The third kappa shape index (κ3) is 2.58. The predicted molar refractivity (Wildman–Crippen MR) is 63.7 cm³/mol. The SMILES string of the molecule is CC.CCc1c(F)cccc1C1CCC1. The largest absolute Gasteiger partial charge is 0.207 e. The normalized spacial score (nSPS) is 15.2. The second-order valence-corrected chi connectivity index (χ2v) is 3.79. The van der Waals surface area contributed by atoms with Crippen LogP contribution in [0.15, 0.2) is 18.2 Å². The lowest BCUT2D eigenvalue weighted by Crippen LogP contribution is -2.11. The first-order chi connectivity index (χ1) is 7.33. The van der Waals surface area contributed by atoms with E-state index in [2.05, 4.69) is 6.07 Å². The van der Waals surface area contributed by atoms with Crippen LogP contribution >= 0.6 is 0 Å². The molecule has 1 aliphatic rings. The predicted octanol–water partition coefficient (Wildman–Crippen LogP) is 4.68. The van der Waals surface area contributed by atoms with E-state index < -0.39 is 0 Å². The van der Waals surface area contributed by atoms with Crippen molar-refractivity contribution in [2.24, 2.45) is 0 Å². The summed E-state index contributed by atoms with van der Waals surface area (Å²) in [6.07, 6.45) is 4.62. The van der Waals surface area contributed by atoms with Gasteiger partial charge in [0.2, 0.25) is 0 Å². The van der Waals surface area contributed by atoms with Crippen LogP contribution in [-0.2, 0) is 6.42 Å². The molecule has 1 aromatic carbocycles. The minimum Gasteiger partial charge on any atom is -0.207 e. The van der Waals surface area contributed by atoms with E-state index in [-0.39, 0.29) is 5.82 Å². The van der Waals surface area contributed by atoms with Gasteiger partial charge in [-0.3, -0.25) is 0 Å². The Morgan fingerprint density at radius 3 is 2.40 bits per heavy atom. The number of benzene rings is 1. The molecule has 0 amide bonds. The van der Waals surface area contributed by atoms with Gasteiger partial charge in [-0.2, -0.15) is 0 Å². The molecule has 0 N–H and O–H groups in total. The summed E-state index contributed by atoms with van der Waals surface area (Å²) in [4.78, 5) is 0. The first-order valence-corrected chi connectivity index (χ1v) is 6.10. The van der Waals surface area contributed by atoms with Crippen molar-refractivity contribution in [2.75, 3.05) is 0 Å². The highest BCUT2D eigenvalue weighted by atomic mass is 19.1. The molecule has 1 saturated carbocycles. The van der Waals surface area contributed by atoms with Gasteiger partial charge in [-0.05, 0) is 42.4 Å². The Morgan fingerprint density at radius 2 is 1.93 bits per heavy atom. The molecule has 15 heavy (non-hydrogen) atoms. The van der Waals surface area contributed by atoms with Crippen LogP contribution in [0.3, 0.4) is 0 Å². The lowest BCUT2D eigenvalue weighted by Gasteiger charge is -2.27. The average molecular weight is 208 g/mol. The van der Waals surface area contributed by atoms with Crippen LogP contribution in [0.2, 0.25) is 0 Å². The molecule has 2 rings (SSSR count). The van der Waals surface area contributed by atoms with E-state index in [0.29, 0.717) is 5.92 Å². The second kappa shape index (κ2) is 5.89. The maximum absolute atomic E-state index is 13.4. The Balaban J connectivity index is 0.000000531. The molecule has 0 nitrogen and oxygen atoms in total. The van der Waals surface area contributed by atoms with Crippen LogP contribution in [0.4, 0.5) is 4.39 Å². The van der Waals surface area contributed by atoms with E-state index in [9.17, 15) is 4.39 Å². The van der Waals surface area contributed by atoms with Crippen LogP contribution in [0, 0.1) is 5.82 Å². The zero-order chi connectivity index (χ0) is 11.3. The first kappa shape index (κ1) is 12.2. The van der Waals surface area contributed by atoms with Gasteiger partial charge in [0.1, 0.15) is 5.82 Å². The van der Waals surface area contributed by atoms with Gasteiger partial charge >= 0.3 is 0 Å². The fraction of sp³-hybridized carbons (Fsp3) is 0.571. The van der Waals surface area contributed by atoms with Crippen molar-refractivity contribution in [1.82, 2.24) is 0 Å². The van der Waals surface area contributed by atoms with E-state index in [1.165, 1.54) is 24.8 Å². The van der Waals surface area contributed by atoms with Crippen molar-refractivity contribution in [2.45, 2.75) is 52.4 Å². The molecule has 1 aliphatic carbocycles. The van der Waals surface area contributed by atoms with E-state index in [1.807, 2.05) is 26.8 Å². The quantitative estimate of drug-likeness (QED) is 0.662. The van der Waals surface area contributed by atoms with Crippen LogP contribution < -0.4 is 0 Å². The molecule has 0 atom stereocenters. The van der Waals surface area contributed by atoms with Gasteiger partial charge in [-0.1, -0.05) is 39.3 Å². The molecule has 0 spiro atoms. The van der Waals surface area contributed by atoms with Gasteiger partial charge in [0.25, 0.3) is 0 Å². The van der Waals surface area contributed by atoms with Crippen molar-refractivity contribution >= 4 is 0 Å². The maximum atomic E-state index is 13.4. The summed E-state index contributed by atoms with van der Waals surface area (Å²) in [7, 11) is 0. The first-order valence-electron chi connectivity index (χ1n) is 6.10. The zero-order valence-electron chi connectivity index (χ0n) is 10.0. The summed E-state index contributed by atoms with van der Waals surface area (Å²) in [5, 5.41) is 0. The monoisotopic (exact) mass is 208 g/mol. The van der Waals surface area contributed by atoms with Crippen molar-refractivity contribution < 1.29 is 4.39 Å². The number of hydrogen-bond acceptors (Lipinski definition) is 0. The van der Waals surface area contributed by atoms with E-state index in [0.717, 1.165) is 12.0 Å². The molecule has 0 aliphatic heterocycles. The van der Waals surface area contributed by atoms with Crippen molar-refractivity contribution in [3.8, 4) is 0 Å². The maximum Gasteiger partial charge on any atom is 0.126 e. The average Bonchev–Trinajstić information content (AvgIpc) is 2.19. The molecule has 1 heteroatoms. The van der Waals surface area contributed by atoms with E-state index in [1.54, 1.807) is 6.07 Å². The topological polar surface area (TPSA) is 0 Å². The molecule has 0 bridgehead atoms. The number of hydrogen-bond donors (Lipinski definition) is 0. The molecule has 84 valence electrons. The fourth-order valence-corrected chi connectivity index (χ4v) is 2.05. The smallest absolute Gasteiger partial charge is 0.126 e. The molecule has 0 heterocycles. The number of rotatable bonds is 2. The minimum atomic E-state index is -0.0214. The Hall–Kier alpha value is -0.850. The minimum absolute atomic E-state index is 0.0214. The molecule has 1 fully saturated rings. The van der Waals surface area contributed by atoms with Crippen LogP contribution in [0.25, 0.3) is 0 Å². The standard InChI is InChI=1S/C12H15F.C2H6/c1-2-10-11(9-5-3-6-9)7-4-8-12(10)13;1-2/h4,7-9H,2-3,5-6H2,1H3;1-2H3. The molecular formula is C14H21F. The molecule has 0 unspecified atom stereocenters. The second-order valence-electron chi connectivity index (χ2n) is 3.79. The van der Waals surface area contributed by atoms with Gasteiger partial charge in [-0.25, -0.2) is 4.39 Å². The highest BCUT2D eigenvalue weighted by molar-refractivity contribution is 5.32. The molecule has 0 saturated heterocycles. The number of halogens is 1. The van der Waals surface area contributed by atoms with Gasteiger partial charge < -0.3 is 0 Å².